The summed E-state index contributed by atoms with van der Waals surface area (Å²) in [6.45, 7) is 6.42. The fourth-order valence-electron chi connectivity index (χ4n) is 2.47. The Balaban J connectivity index is 2.37. The molecule has 1 aromatic heterocycles. The third kappa shape index (κ3) is 1.56. The molecule has 0 unspecified atom stereocenters. The Bertz CT molecular complexity index is 598. The molecule has 1 aliphatic rings. The fourth-order valence-corrected chi connectivity index (χ4v) is 4.37. The van der Waals surface area contributed by atoms with Crippen molar-refractivity contribution < 1.29 is 4.74 Å². The van der Waals surface area contributed by atoms with E-state index in [1.165, 1.54) is 25.4 Å². The lowest BCUT2D eigenvalue weighted by atomic mass is 9.90. The van der Waals surface area contributed by atoms with E-state index >= 15 is 0 Å². The molecule has 88 valence electrons. The van der Waals surface area contributed by atoms with Crippen molar-refractivity contribution >= 4 is 27.3 Å². The van der Waals surface area contributed by atoms with Gasteiger partial charge in [-0.05, 0) is 54.4 Å². The molecule has 0 amide bonds. The van der Waals surface area contributed by atoms with E-state index in [1.807, 2.05) is 12.1 Å². The quantitative estimate of drug-likeness (QED) is 0.657. The van der Waals surface area contributed by atoms with E-state index < -0.39 is 0 Å². The van der Waals surface area contributed by atoms with E-state index in [4.69, 9.17) is 4.74 Å². The predicted octanol–water partition coefficient (Wildman–Crippen LogP) is 5.11. The van der Waals surface area contributed by atoms with Crippen LogP contribution in [-0.4, -0.2) is 0 Å². The minimum atomic E-state index is -0.254. The Morgan fingerprint density at radius 2 is 1.94 bits per heavy atom. The van der Waals surface area contributed by atoms with Crippen LogP contribution in [0.3, 0.4) is 0 Å². The fraction of sp³-hybridized carbons (Fsp3) is 0.286. The zero-order valence-corrected chi connectivity index (χ0v) is 12.4. The lowest BCUT2D eigenvalue weighted by Crippen LogP contribution is -2.29. The molecule has 0 fully saturated rings. The van der Waals surface area contributed by atoms with Crippen molar-refractivity contribution in [1.82, 2.24) is 0 Å². The van der Waals surface area contributed by atoms with Gasteiger partial charge >= 0.3 is 0 Å². The van der Waals surface area contributed by atoms with Crippen molar-refractivity contribution in [3.8, 4) is 16.2 Å². The number of rotatable bonds is 0. The van der Waals surface area contributed by atoms with Gasteiger partial charge in [0.1, 0.15) is 11.4 Å². The van der Waals surface area contributed by atoms with Gasteiger partial charge in [0.2, 0.25) is 0 Å². The minimum absolute atomic E-state index is 0.254. The maximum Gasteiger partial charge on any atom is 0.130 e. The highest BCUT2D eigenvalue weighted by Crippen LogP contribution is 2.51. The van der Waals surface area contributed by atoms with E-state index in [0.29, 0.717) is 0 Å². The third-order valence-electron chi connectivity index (χ3n) is 3.19. The summed E-state index contributed by atoms with van der Waals surface area (Å²) in [4.78, 5) is 1.33. The summed E-state index contributed by atoms with van der Waals surface area (Å²) in [7, 11) is 0. The SMILES string of the molecule is Cc1c(Br)sc2c1C(C)(C)Oc1ccccc1-2. The molecule has 0 radical (unpaired) electrons. The van der Waals surface area contributed by atoms with E-state index in [0.717, 1.165) is 5.75 Å². The second-order valence-electron chi connectivity index (χ2n) is 4.81. The van der Waals surface area contributed by atoms with Crippen molar-refractivity contribution in [1.29, 1.82) is 0 Å². The first-order chi connectivity index (χ1) is 8.00. The number of para-hydroxylation sites is 1. The topological polar surface area (TPSA) is 9.23 Å². The van der Waals surface area contributed by atoms with Gasteiger partial charge < -0.3 is 4.74 Å². The van der Waals surface area contributed by atoms with Gasteiger partial charge in [-0.25, -0.2) is 0 Å². The Kier molecular flexibility index (Phi) is 2.39. The smallest absolute Gasteiger partial charge is 0.130 e. The van der Waals surface area contributed by atoms with Crippen LogP contribution in [-0.2, 0) is 5.60 Å². The number of thiophene rings is 1. The van der Waals surface area contributed by atoms with Crippen LogP contribution >= 0.6 is 27.3 Å². The molecule has 1 aromatic carbocycles. The van der Waals surface area contributed by atoms with Gasteiger partial charge in [-0.15, -0.1) is 11.3 Å². The number of benzene rings is 1. The van der Waals surface area contributed by atoms with Crippen molar-refractivity contribution in [3.63, 3.8) is 0 Å². The zero-order valence-electron chi connectivity index (χ0n) is 10.0. The van der Waals surface area contributed by atoms with E-state index in [1.54, 1.807) is 11.3 Å². The highest BCUT2D eigenvalue weighted by Gasteiger charge is 2.36. The van der Waals surface area contributed by atoms with Crippen LogP contribution in [0.15, 0.2) is 28.1 Å². The molecule has 0 spiro atoms. The zero-order chi connectivity index (χ0) is 12.2. The molecule has 0 N–H and O–H groups in total. The molecule has 17 heavy (non-hydrogen) atoms. The number of hydrogen-bond acceptors (Lipinski definition) is 2. The minimum Gasteiger partial charge on any atom is -0.482 e. The summed E-state index contributed by atoms with van der Waals surface area (Å²) >= 11 is 5.44. The Morgan fingerprint density at radius 1 is 1.24 bits per heavy atom. The summed E-state index contributed by atoms with van der Waals surface area (Å²) < 4.78 is 7.33. The second-order valence-corrected chi connectivity index (χ2v) is 7.15. The molecule has 0 saturated carbocycles. The predicted molar refractivity (Wildman–Crippen MR) is 75.8 cm³/mol. The maximum atomic E-state index is 6.13. The third-order valence-corrected chi connectivity index (χ3v) is 5.38. The molecular formula is C14H13BrOS. The Labute approximate surface area is 114 Å². The second kappa shape index (κ2) is 3.59. The highest BCUT2D eigenvalue weighted by molar-refractivity contribution is 9.11. The van der Waals surface area contributed by atoms with Gasteiger partial charge in [-0.2, -0.15) is 0 Å². The van der Waals surface area contributed by atoms with Gasteiger partial charge in [0.25, 0.3) is 0 Å². The molecule has 0 bridgehead atoms. The van der Waals surface area contributed by atoms with Crippen LogP contribution < -0.4 is 4.74 Å². The monoisotopic (exact) mass is 308 g/mol. The Morgan fingerprint density at radius 3 is 2.71 bits per heavy atom. The molecular weight excluding hydrogens is 296 g/mol. The summed E-state index contributed by atoms with van der Waals surface area (Å²) in [5.74, 6) is 0.985. The van der Waals surface area contributed by atoms with Crippen LogP contribution in [0.25, 0.3) is 10.4 Å². The Hall–Kier alpha value is -0.800. The molecule has 1 nitrogen and oxygen atoms in total. The number of hydrogen-bond donors (Lipinski definition) is 0. The molecule has 0 saturated heterocycles. The standard InChI is InChI=1S/C14H13BrOS/c1-8-11-12(17-13(8)15)9-6-4-5-7-10(9)16-14(11,2)3/h4-7H,1-3H3. The lowest BCUT2D eigenvalue weighted by molar-refractivity contribution is 0.106. The first-order valence-corrected chi connectivity index (χ1v) is 7.19. The summed E-state index contributed by atoms with van der Waals surface area (Å²) in [5, 5.41) is 0. The summed E-state index contributed by atoms with van der Waals surface area (Å²) in [6.07, 6.45) is 0. The number of fused-ring (bicyclic) bond motifs is 3. The van der Waals surface area contributed by atoms with Crippen molar-refractivity contribution in [3.05, 3.63) is 39.2 Å². The molecule has 2 aromatic rings. The lowest BCUT2D eigenvalue weighted by Gasteiger charge is -2.33. The molecule has 0 aliphatic carbocycles. The van der Waals surface area contributed by atoms with Crippen molar-refractivity contribution in [2.75, 3.05) is 0 Å². The van der Waals surface area contributed by atoms with Gasteiger partial charge in [0.05, 0.1) is 3.79 Å². The van der Waals surface area contributed by atoms with Gasteiger partial charge in [-0.3, -0.25) is 0 Å². The van der Waals surface area contributed by atoms with Crippen molar-refractivity contribution in [2.45, 2.75) is 26.4 Å². The van der Waals surface area contributed by atoms with Crippen LogP contribution in [0, 0.1) is 6.92 Å². The molecule has 1 aliphatic heterocycles. The highest BCUT2D eigenvalue weighted by atomic mass is 79.9. The normalized spacial score (nSPS) is 16.0. The summed E-state index contributed by atoms with van der Waals surface area (Å²) in [5.41, 5.74) is 3.56. The van der Waals surface area contributed by atoms with Gasteiger partial charge in [0.15, 0.2) is 0 Å². The number of ether oxygens (including phenoxy) is 1. The first kappa shape index (κ1) is 11.3. The average molecular weight is 309 g/mol. The molecule has 3 heteroatoms. The van der Waals surface area contributed by atoms with Gasteiger partial charge in [-0.1, -0.05) is 12.1 Å². The summed E-state index contributed by atoms with van der Waals surface area (Å²) in [6, 6.07) is 8.26. The molecule has 2 heterocycles. The van der Waals surface area contributed by atoms with Crippen LogP contribution in [0.1, 0.15) is 25.0 Å². The molecule has 3 rings (SSSR count). The van der Waals surface area contributed by atoms with Crippen LogP contribution in [0.2, 0.25) is 0 Å². The van der Waals surface area contributed by atoms with Gasteiger partial charge in [0, 0.05) is 16.0 Å². The average Bonchev–Trinajstić information content (AvgIpc) is 2.56. The van der Waals surface area contributed by atoms with E-state index in [9.17, 15) is 0 Å². The van der Waals surface area contributed by atoms with Crippen LogP contribution in [0.5, 0.6) is 5.75 Å². The van der Waals surface area contributed by atoms with E-state index in [-0.39, 0.29) is 5.60 Å². The maximum absolute atomic E-state index is 6.13. The van der Waals surface area contributed by atoms with E-state index in [2.05, 4.69) is 48.8 Å². The largest absolute Gasteiger partial charge is 0.482 e. The van der Waals surface area contributed by atoms with Crippen LogP contribution in [0.4, 0.5) is 0 Å². The first-order valence-electron chi connectivity index (χ1n) is 5.58. The number of halogens is 1. The van der Waals surface area contributed by atoms with Crippen molar-refractivity contribution in [2.24, 2.45) is 0 Å². The molecule has 0 atom stereocenters.